The summed E-state index contributed by atoms with van der Waals surface area (Å²) in [6, 6.07) is 19.5. The van der Waals surface area contributed by atoms with Crippen molar-refractivity contribution >= 4 is 27.8 Å². The molecule has 188 valence electrons. The molecule has 0 aliphatic rings. The quantitative estimate of drug-likeness (QED) is 0.298. The fourth-order valence-corrected chi connectivity index (χ4v) is 4.42. The summed E-state index contributed by atoms with van der Waals surface area (Å²) >= 11 is 0. The first-order valence-corrected chi connectivity index (χ1v) is 12.4. The van der Waals surface area contributed by atoms with Crippen molar-refractivity contribution in [2.45, 2.75) is 19.9 Å². The van der Waals surface area contributed by atoms with Gasteiger partial charge in [0.1, 0.15) is 18.0 Å². The number of hydrogen-bond donors (Lipinski definition) is 2. The molecule has 1 atom stereocenters. The number of carbonyl (C=O) groups excluding carboxylic acids is 1. The number of likely N-dealkylation sites (N-methyl/N-ethyl adjacent to an activating group) is 1. The van der Waals surface area contributed by atoms with Gasteiger partial charge >= 0.3 is 0 Å². The maximum Gasteiger partial charge on any atom is 0.252 e. The molecule has 5 rings (SSSR count). The Kier molecular flexibility index (Phi) is 6.88. The highest BCUT2D eigenvalue weighted by atomic mass is 16.5. The van der Waals surface area contributed by atoms with Crippen LogP contribution in [0.25, 0.3) is 33.2 Å². The Morgan fingerprint density at radius 3 is 2.78 bits per heavy atom. The van der Waals surface area contributed by atoms with Crippen molar-refractivity contribution in [3.8, 4) is 17.0 Å². The predicted octanol–water partition coefficient (Wildman–Crippen LogP) is 5.52. The molecule has 7 heteroatoms. The van der Waals surface area contributed by atoms with Crippen LogP contribution < -0.4 is 10.1 Å². The van der Waals surface area contributed by atoms with E-state index in [1.54, 1.807) is 0 Å². The highest BCUT2D eigenvalue weighted by molar-refractivity contribution is 5.97. The van der Waals surface area contributed by atoms with Crippen LogP contribution in [0.15, 0.2) is 73.1 Å². The van der Waals surface area contributed by atoms with Gasteiger partial charge < -0.3 is 19.9 Å². The van der Waals surface area contributed by atoms with Crippen molar-refractivity contribution in [2.24, 2.45) is 0 Å². The molecule has 7 nitrogen and oxygen atoms in total. The number of nitrogens with zero attached hydrogens (tertiary/aromatic N) is 3. The number of ether oxygens (including phenoxy) is 1. The Morgan fingerprint density at radius 1 is 1.11 bits per heavy atom. The molecule has 0 aliphatic carbocycles. The summed E-state index contributed by atoms with van der Waals surface area (Å²) in [7, 11) is 4.00. The van der Waals surface area contributed by atoms with Crippen LogP contribution >= 0.6 is 0 Å². The Labute approximate surface area is 216 Å². The van der Waals surface area contributed by atoms with E-state index >= 15 is 0 Å². The number of rotatable bonds is 8. The van der Waals surface area contributed by atoms with E-state index in [1.165, 1.54) is 0 Å². The number of amides is 1. The molecule has 37 heavy (non-hydrogen) atoms. The summed E-state index contributed by atoms with van der Waals surface area (Å²) in [5, 5.41) is 5.23. The summed E-state index contributed by atoms with van der Waals surface area (Å²) in [6.45, 7) is 5.30. The van der Waals surface area contributed by atoms with E-state index in [-0.39, 0.29) is 11.9 Å². The predicted molar refractivity (Wildman–Crippen MR) is 148 cm³/mol. The Balaban J connectivity index is 1.44. The number of hydrogen-bond acceptors (Lipinski definition) is 5. The van der Waals surface area contributed by atoms with Crippen LogP contribution in [0.3, 0.4) is 0 Å². The first kappa shape index (κ1) is 24.5. The third kappa shape index (κ3) is 5.32. The van der Waals surface area contributed by atoms with Gasteiger partial charge in [-0.05, 0) is 75.5 Å². The second-order valence-electron chi connectivity index (χ2n) is 9.58. The van der Waals surface area contributed by atoms with Crippen LogP contribution in [0, 0.1) is 6.92 Å². The maximum absolute atomic E-state index is 13.4. The highest BCUT2D eigenvalue weighted by Crippen LogP contribution is 2.30. The third-order valence-corrected chi connectivity index (χ3v) is 6.52. The molecule has 0 bridgehead atoms. The molecule has 0 spiro atoms. The Hall–Kier alpha value is -4.23. The van der Waals surface area contributed by atoms with Crippen molar-refractivity contribution in [2.75, 3.05) is 27.2 Å². The summed E-state index contributed by atoms with van der Waals surface area (Å²) < 4.78 is 5.86. The minimum Gasteiger partial charge on any atom is -0.492 e. The molecule has 0 radical (unpaired) electrons. The molecule has 0 unspecified atom stereocenters. The monoisotopic (exact) mass is 493 g/mol. The number of benzene rings is 2. The van der Waals surface area contributed by atoms with Gasteiger partial charge in [0.05, 0.1) is 17.3 Å². The fraction of sp³-hybridized carbons (Fsp3) is 0.233. The van der Waals surface area contributed by atoms with E-state index in [1.807, 2.05) is 88.9 Å². The zero-order chi connectivity index (χ0) is 25.9. The molecule has 0 saturated carbocycles. The van der Waals surface area contributed by atoms with Gasteiger partial charge in [-0.2, -0.15) is 0 Å². The first-order valence-electron chi connectivity index (χ1n) is 12.4. The van der Waals surface area contributed by atoms with Gasteiger partial charge in [-0.15, -0.1) is 0 Å². The zero-order valence-electron chi connectivity index (χ0n) is 21.6. The van der Waals surface area contributed by atoms with Crippen LogP contribution in [0.2, 0.25) is 0 Å². The lowest BCUT2D eigenvalue weighted by molar-refractivity contribution is 0.0939. The van der Waals surface area contributed by atoms with Crippen LogP contribution in [0.5, 0.6) is 5.75 Å². The van der Waals surface area contributed by atoms with E-state index in [0.717, 1.165) is 50.9 Å². The molecule has 0 saturated heterocycles. The summed E-state index contributed by atoms with van der Waals surface area (Å²) in [5.41, 5.74) is 5.96. The number of H-pyrrole nitrogens is 1. The zero-order valence-corrected chi connectivity index (χ0v) is 21.6. The van der Waals surface area contributed by atoms with Crippen LogP contribution in [0.1, 0.15) is 34.5 Å². The number of aryl methyl sites for hydroxylation is 1. The average Bonchev–Trinajstić information content (AvgIpc) is 3.36. The molecule has 2 N–H and O–H groups in total. The van der Waals surface area contributed by atoms with Gasteiger partial charge in [-0.25, -0.2) is 9.97 Å². The van der Waals surface area contributed by atoms with Gasteiger partial charge in [0.2, 0.25) is 0 Å². The molecule has 3 heterocycles. The second-order valence-corrected chi connectivity index (χ2v) is 9.58. The second kappa shape index (κ2) is 10.4. The molecular formula is C30H31N5O2. The normalized spacial score (nSPS) is 12.2. The minimum absolute atomic E-state index is 0.138. The lowest BCUT2D eigenvalue weighted by atomic mass is 9.99. The average molecular weight is 494 g/mol. The lowest BCUT2D eigenvalue weighted by Crippen LogP contribution is -2.27. The number of fused-ring (bicyclic) bond motifs is 2. The topological polar surface area (TPSA) is 83.1 Å². The largest absolute Gasteiger partial charge is 0.492 e. The van der Waals surface area contributed by atoms with Gasteiger partial charge in [-0.3, -0.25) is 4.79 Å². The lowest BCUT2D eigenvalue weighted by Gasteiger charge is -2.19. The van der Waals surface area contributed by atoms with Crippen LogP contribution in [0.4, 0.5) is 0 Å². The van der Waals surface area contributed by atoms with Gasteiger partial charge in [0, 0.05) is 40.8 Å². The Morgan fingerprint density at radius 2 is 1.95 bits per heavy atom. The smallest absolute Gasteiger partial charge is 0.252 e. The van der Waals surface area contributed by atoms with Crippen molar-refractivity contribution in [1.82, 2.24) is 25.2 Å². The van der Waals surface area contributed by atoms with Crippen molar-refractivity contribution in [3.05, 3.63) is 89.7 Å². The first-order chi connectivity index (χ1) is 17.9. The molecular weight excluding hydrogens is 462 g/mol. The molecule has 0 fully saturated rings. The van der Waals surface area contributed by atoms with Crippen LogP contribution in [-0.4, -0.2) is 53.0 Å². The molecule has 1 amide bonds. The number of pyridine rings is 2. The summed E-state index contributed by atoms with van der Waals surface area (Å²) in [5.74, 6) is 0.551. The van der Waals surface area contributed by atoms with Crippen molar-refractivity contribution in [3.63, 3.8) is 0 Å². The van der Waals surface area contributed by atoms with Crippen LogP contribution in [-0.2, 0) is 0 Å². The molecule has 2 aromatic carbocycles. The number of aromatic nitrogens is 3. The molecule has 5 aromatic rings. The summed E-state index contributed by atoms with van der Waals surface area (Å²) in [6.07, 6.45) is 3.71. The van der Waals surface area contributed by atoms with Crippen molar-refractivity contribution < 1.29 is 9.53 Å². The number of aromatic amines is 1. The minimum atomic E-state index is -0.249. The maximum atomic E-state index is 13.4. The van der Waals surface area contributed by atoms with Gasteiger partial charge in [0.15, 0.2) is 0 Å². The number of carbonyl (C=O) groups is 1. The number of para-hydroxylation sites is 1. The van der Waals surface area contributed by atoms with Gasteiger partial charge in [-0.1, -0.05) is 24.3 Å². The molecule has 3 aromatic heterocycles. The van der Waals surface area contributed by atoms with E-state index in [9.17, 15) is 4.79 Å². The van der Waals surface area contributed by atoms with Crippen molar-refractivity contribution in [1.29, 1.82) is 0 Å². The fourth-order valence-electron chi connectivity index (χ4n) is 4.42. The SMILES string of the molecule is Cc1ccc(OCCN(C)C)cc1C(=O)N[C@H](C)c1cc(-c2cnc3[nH]ccc3c2)nc2ccccc12. The Bertz CT molecular complexity index is 1570. The number of nitrogens with one attached hydrogen (secondary N) is 2. The standard InChI is InChI=1S/C30H31N5O2/c1-19-9-10-23(37-14-13-35(3)4)16-25(19)30(36)33-20(2)26-17-28(34-27-8-6-5-7-24(26)27)22-15-21-11-12-31-29(21)32-18-22/h5-12,15-18,20H,13-14H2,1-4H3,(H,31,32)(H,33,36)/t20-/m1/s1. The van der Waals surface area contributed by atoms with E-state index in [4.69, 9.17) is 9.72 Å². The van der Waals surface area contributed by atoms with E-state index < -0.39 is 0 Å². The molecule has 0 aliphatic heterocycles. The van der Waals surface area contributed by atoms with E-state index in [2.05, 4.69) is 32.3 Å². The van der Waals surface area contributed by atoms with E-state index in [0.29, 0.717) is 17.9 Å². The van der Waals surface area contributed by atoms with Gasteiger partial charge in [0.25, 0.3) is 5.91 Å². The summed E-state index contributed by atoms with van der Waals surface area (Å²) in [4.78, 5) is 28.0. The highest BCUT2D eigenvalue weighted by Gasteiger charge is 2.18. The third-order valence-electron chi connectivity index (χ3n) is 6.52.